The van der Waals surface area contributed by atoms with Crippen LogP contribution in [0.1, 0.15) is 39.5 Å². The van der Waals surface area contributed by atoms with Crippen LogP contribution in [0.2, 0.25) is 0 Å². The van der Waals surface area contributed by atoms with E-state index in [-0.39, 0.29) is 53.5 Å². The van der Waals surface area contributed by atoms with Crippen LogP contribution < -0.4 is 29.8 Å². The summed E-state index contributed by atoms with van der Waals surface area (Å²) < 4.78 is 105. The zero-order valence-corrected chi connectivity index (χ0v) is 36.9. The summed E-state index contributed by atoms with van der Waals surface area (Å²) in [5, 5.41) is 15.1. The van der Waals surface area contributed by atoms with Crippen molar-refractivity contribution in [1.29, 1.82) is 0 Å². The summed E-state index contributed by atoms with van der Waals surface area (Å²) in [7, 11) is 3.46. The number of hydrogen-bond acceptors (Lipinski definition) is 8. The van der Waals surface area contributed by atoms with Crippen LogP contribution in [-0.4, -0.2) is 34.3 Å². The predicted molar refractivity (Wildman–Crippen MR) is 197 cm³/mol. The van der Waals surface area contributed by atoms with Gasteiger partial charge in [-0.15, -0.1) is 35.7 Å². The summed E-state index contributed by atoms with van der Waals surface area (Å²) in [6.07, 6.45) is -1.83. The molecule has 0 saturated heterocycles. The van der Waals surface area contributed by atoms with Gasteiger partial charge in [-0.05, 0) is 70.6 Å². The van der Waals surface area contributed by atoms with Gasteiger partial charge in [0.1, 0.15) is 11.6 Å². The van der Waals surface area contributed by atoms with E-state index < -0.39 is 40.8 Å². The third-order valence-corrected chi connectivity index (χ3v) is 8.00. The second kappa shape index (κ2) is 20.0. The van der Waals surface area contributed by atoms with Crippen LogP contribution in [0.4, 0.5) is 69.5 Å². The third-order valence-electron chi connectivity index (χ3n) is 8.00. The molecular weight excluding hydrogens is 1150 g/mol. The Morgan fingerprint density at radius 1 is 0.593 bits per heavy atom. The number of anilines is 6. The Balaban J connectivity index is 0.000000233. The maximum absolute atomic E-state index is 13.6. The molecule has 0 unspecified atom stereocenters. The van der Waals surface area contributed by atoms with E-state index in [1.165, 1.54) is 22.7 Å². The minimum Gasteiger partial charge on any atom is -0.579 e. The number of alkyl halides is 3. The number of halogens is 8. The van der Waals surface area contributed by atoms with Gasteiger partial charge in [0, 0.05) is 88.9 Å². The molecule has 2 aliphatic rings. The van der Waals surface area contributed by atoms with Crippen LogP contribution in [0.5, 0.6) is 0 Å². The zero-order chi connectivity index (χ0) is 41.9. The maximum atomic E-state index is 13.6. The first-order valence-electron chi connectivity index (χ1n) is 16.8. The Kier molecular flexibility index (Phi) is 16.4. The molecule has 6 aromatic rings. The van der Waals surface area contributed by atoms with Crippen LogP contribution in [0.15, 0.2) is 48.8 Å². The fourth-order valence-electron chi connectivity index (χ4n) is 5.43. The molecule has 4 aromatic heterocycles. The third kappa shape index (κ3) is 11.7. The molecule has 0 saturated carbocycles. The molecule has 8 rings (SSSR count). The molecule has 0 aliphatic carbocycles. The van der Waals surface area contributed by atoms with E-state index in [4.69, 9.17) is 0 Å². The number of benzene rings is 2. The van der Waals surface area contributed by atoms with Gasteiger partial charge in [0.05, 0.1) is 17.5 Å². The summed E-state index contributed by atoms with van der Waals surface area (Å²) in [5.74, 6) is -6.96. The molecule has 10 nitrogen and oxygen atoms in total. The molecule has 2 aromatic carbocycles. The molecule has 0 atom stereocenters. The molecule has 6 heterocycles. The van der Waals surface area contributed by atoms with Gasteiger partial charge in [0.15, 0.2) is 0 Å². The number of nitrogens with zero attached hydrogens (tertiary/aromatic N) is 10. The van der Waals surface area contributed by atoms with Gasteiger partial charge in [-0.2, -0.15) is 26.5 Å². The number of fused-ring (bicyclic) bond motifs is 2. The van der Waals surface area contributed by atoms with Gasteiger partial charge in [0.2, 0.25) is 0 Å². The molecular formula is C39H34F8N10Pt2-6. The summed E-state index contributed by atoms with van der Waals surface area (Å²) in [5.41, 5.74) is 5.34. The van der Waals surface area contributed by atoms with Crippen LogP contribution >= 0.6 is 0 Å². The Bertz CT molecular complexity index is 2270. The first-order chi connectivity index (χ1) is 26.7. The molecule has 0 bridgehead atoms. The summed E-state index contributed by atoms with van der Waals surface area (Å²) in [6, 6.07) is 13.1. The number of hydrogen-bond donors (Lipinski definition) is 0. The van der Waals surface area contributed by atoms with Crippen molar-refractivity contribution in [1.82, 2.24) is 30.4 Å². The Labute approximate surface area is 364 Å². The minimum atomic E-state index is -5.01. The molecule has 0 N–H and O–H groups in total. The largest absolute Gasteiger partial charge is 0.579 e. The minimum absolute atomic E-state index is 0. The normalized spacial score (nSPS) is 12.5. The summed E-state index contributed by atoms with van der Waals surface area (Å²) in [4.78, 5) is 14.5. The number of aryl methyl sites for hydroxylation is 6. The van der Waals surface area contributed by atoms with Gasteiger partial charge in [-0.25, -0.2) is 23.1 Å². The second-order valence-corrected chi connectivity index (χ2v) is 13.0. The van der Waals surface area contributed by atoms with Crippen LogP contribution in [0.25, 0.3) is 0 Å². The Morgan fingerprint density at radius 2 is 1.00 bits per heavy atom. The predicted octanol–water partition coefficient (Wildman–Crippen LogP) is 8.82. The van der Waals surface area contributed by atoms with Gasteiger partial charge >= 0.3 is 6.18 Å². The fourth-order valence-corrected chi connectivity index (χ4v) is 5.43. The maximum Gasteiger partial charge on any atom is 0.397 e. The van der Waals surface area contributed by atoms with Gasteiger partial charge < -0.3 is 40.0 Å². The van der Waals surface area contributed by atoms with Crippen molar-refractivity contribution < 1.29 is 77.3 Å². The molecule has 20 heteroatoms. The van der Waals surface area contributed by atoms with E-state index in [0.717, 1.165) is 45.7 Å². The quantitative estimate of drug-likeness (QED) is 0.0953. The van der Waals surface area contributed by atoms with Crippen LogP contribution in [0.3, 0.4) is 0 Å². The van der Waals surface area contributed by atoms with Crippen molar-refractivity contribution in [3.8, 4) is 0 Å². The smallest absolute Gasteiger partial charge is 0.397 e. The van der Waals surface area contributed by atoms with Crippen molar-refractivity contribution in [2.24, 2.45) is 0 Å². The monoisotopic (exact) mass is 1180 g/mol. The zero-order valence-electron chi connectivity index (χ0n) is 32.4. The second-order valence-electron chi connectivity index (χ2n) is 13.0. The van der Waals surface area contributed by atoms with E-state index in [2.05, 4.69) is 36.4 Å². The number of pyridine rings is 2. The SMILES string of the molecule is Cc1cc(C)[n-]n1.Cc1cc(C)[n-]n1.Cc1cnc2c(c1)N(C)[CH-]N2c1[c-]c(F)c(F)c(C(F)(F)F)c1.Cc1cnc2c(c1)N(C)[CH-]N2c1[c-]c(F)c(F)c(F)c1.[Pt].[Pt]. The van der Waals surface area contributed by atoms with E-state index in [0.29, 0.717) is 23.4 Å². The molecule has 0 fully saturated rings. The molecule has 2 aliphatic heterocycles. The first kappa shape index (κ1) is 48.5. The first-order valence-corrected chi connectivity index (χ1v) is 16.8. The summed E-state index contributed by atoms with van der Waals surface area (Å²) in [6.45, 7) is 14.5. The average molecular weight is 1180 g/mol. The molecule has 0 spiro atoms. The van der Waals surface area contributed by atoms with E-state index in [1.807, 2.05) is 65.8 Å². The molecule has 322 valence electrons. The van der Waals surface area contributed by atoms with Crippen molar-refractivity contribution in [3.05, 3.63) is 143 Å². The van der Waals surface area contributed by atoms with Crippen LogP contribution in [-0.2, 0) is 48.3 Å². The topological polar surface area (TPSA) is 92.7 Å². The van der Waals surface area contributed by atoms with Crippen molar-refractivity contribution in [3.63, 3.8) is 0 Å². The van der Waals surface area contributed by atoms with E-state index in [9.17, 15) is 35.1 Å². The fraction of sp³-hybridized carbons (Fsp3) is 0.231. The van der Waals surface area contributed by atoms with Crippen molar-refractivity contribution in [2.75, 3.05) is 33.7 Å². The van der Waals surface area contributed by atoms with Crippen molar-refractivity contribution in [2.45, 2.75) is 47.7 Å². The van der Waals surface area contributed by atoms with Gasteiger partial charge in [0.25, 0.3) is 0 Å². The molecule has 0 amide bonds. The van der Waals surface area contributed by atoms with E-state index >= 15 is 0 Å². The van der Waals surface area contributed by atoms with Gasteiger partial charge in [-0.3, -0.25) is 8.78 Å². The van der Waals surface area contributed by atoms with Gasteiger partial charge in [-0.1, -0.05) is 37.4 Å². The standard InChI is InChI=1S/C15H10F5N3.C14H10F3N3.2C5H7N2.2Pt/c1-8-3-12-14(21-6-8)23(7-22(12)2)9-4-10(15(18,19)20)13(17)11(16)5-9;1-8-3-12-14(18-6-8)20(7-19(12)2)9-4-10(15)13(17)11(16)5-9;2*1-4-3-5(2)7-6-4;;/h3-4,6-7H,1-2H3;3-4,6-7H,1-2H3;2*3H,1-2H3;;/q2*-2;2*-1;;. The van der Waals surface area contributed by atoms with Crippen molar-refractivity contribution >= 4 is 34.4 Å². The number of aromatic nitrogens is 6. The Morgan fingerprint density at radius 3 is 1.34 bits per heavy atom. The van der Waals surface area contributed by atoms with Crippen LogP contribution in [0, 0.1) is 96.1 Å². The summed E-state index contributed by atoms with van der Waals surface area (Å²) >= 11 is 0. The Hall–Kier alpha value is -4.82. The number of rotatable bonds is 2. The molecule has 59 heavy (non-hydrogen) atoms. The molecule has 0 radical (unpaired) electrons. The van der Waals surface area contributed by atoms with E-state index in [1.54, 1.807) is 42.8 Å². The average Bonchev–Trinajstić information content (AvgIpc) is 3.90.